The molecule has 76 valence electrons. The molecule has 0 saturated carbocycles. The van der Waals surface area contributed by atoms with Gasteiger partial charge in [-0.25, -0.2) is 0 Å². The van der Waals surface area contributed by atoms with Crippen LogP contribution in [0.3, 0.4) is 0 Å². The minimum absolute atomic E-state index is 0.262. The summed E-state index contributed by atoms with van der Waals surface area (Å²) < 4.78 is 5.51. The Balaban J connectivity index is 2.28. The number of carbonyl (C=O) groups is 1. The molecule has 0 unspecified atom stereocenters. The molecule has 0 aliphatic carbocycles. The van der Waals surface area contributed by atoms with Crippen LogP contribution in [-0.2, 0) is 16.0 Å². The van der Waals surface area contributed by atoms with Crippen molar-refractivity contribution in [3.8, 4) is 0 Å². The third-order valence-electron chi connectivity index (χ3n) is 2.56. The van der Waals surface area contributed by atoms with E-state index in [1.807, 2.05) is 11.4 Å². The molecule has 2 heterocycles. The van der Waals surface area contributed by atoms with Gasteiger partial charge in [0.2, 0.25) is 0 Å². The maximum Gasteiger partial charge on any atom is 0.309 e. The van der Waals surface area contributed by atoms with Crippen LogP contribution in [0.5, 0.6) is 0 Å². The molecule has 0 fully saturated rings. The van der Waals surface area contributed by atoms with Crippen molar-refractivity contribution >= 4 is 17.3 Å². The summed E-state index contributed by atoms with van der Waals surface area (Å²) in [7, 11) is 0. The molecule has 14 heavy (non-hydrogen) atoms. The molecular weight excluding hydrogens is 200 g/mol. The van der Waals surface area contributed by atoms with E-state index in [-0.39, 0.29) is 6.10 Å². The van der Waals surface area contributed by atoms with Gasteiger partial charge >= 0.3 is 5.97 Å². The van der Waals surface area contributed by atoms with E-state index in [0.717, 1.165) is 12.0 Å². The average molecular weight is 212 g/mol. The Morgan fingerprint density at radius 3 is 3.29 bits per heavy atom. The van der Waals surface area contributed by atoms with E-state index >= 15 is 0 Å². The van der Waals surface area contributed by atoms with Crippen LogP contribution in [0, 0.1) is 5.92 Å². The van der Waals surface area contributed by atoms with E-state index in [9.17, 15) is 4.79 Å². The standard InChI is InChI=1S/C10H12O3S/c1-6(10(11)12)9-7-3-5-14-8(7)2-4-13-9/h3,5-6,9H,2,4H2,1H3,(H,11,12)/t6-,9-/m1/s1. The lowest BCUT2D eigenvalue weighted by atomic mass is 9.95. The highest BCUT2D eigenvalue weighted by molar-refractivity contribution is 7.10. The Bertz CT molecular complexity index is 345. The van der Waals surface area contributed by atoms with Crippen LogP contribution < -0.4 is 0 Å². The van der Waals surface area contributed by atoms with Crippen molar-refractivity contribution in [2.45, 2.75) is 19.4 Å². The van der Waals surface area contributed by atoms with E-state index in [0.29, 0.717) is 6.61 Å². The molecule has 0 radical (unpaired) electrons. The topological polar surface area (TPSA) is 46.5 Å². The minimum atomic E-state index is -0.797. The summed E-state index contributed by atoms with van der Waals surface area (Å²) in [5, 5.41) is 10.9. The number of fused-ring (bicyclic) bond motifs is 1. The Morgan fingerprint density at radius 1 is 1.79 bits per heavy atom. The number of hydrogen-bond acceptors (Lipinski definition) is 3. The average Bonchev–Trinajstić information content (AvgIpc) is 2.63. The molecular formula is C10H12O3S. The first-order valence-corrected chi connectivity index (χ1v) is 5.49. The number of ether oxygens (including phenoxy) is 1. The lowest BCUT2D eigenvalue weighted by Gasteiger charge is -2.26. The molecule has 2 rings (SSSR count). The second-order valence-electron chi connectivity index (χ2n) is 3.47. The predicted octanol–water partition coefficient (Wildman–Crippen LogP) is 2.08. The fourth-order valence-corrected chi connectivity index (χ4v) is 2.62. The summed E-state index contributed by atoms with van der Waals surface area (Å²) in [6.45, 7) is 2.33. The molecule has 2 atom stereocenters. The third-order valence-corrected chi connectivity index (χ3v) is 3.55. The zero-order chi connectivity index (χ0) is 10.1. The van der Waals surface area contributed by atoms with Gasteiger partial charge in [-0.05, 0) is 23.9 Å². The fourth-order valence-electron chi connectivity index (χ4n) is 1.72. The Kier molecular flexibility index (Phi) is 2.56. The first-order valence-electron chi connectivity index (χ1n) is 4.61. The van der Waals surface area contributed by atoms with E-state index in [1.165, 1.54) is 4.88 Å². The summed E-state index contributed by atoms with van der Waals surface area (Å²) in [5.74, 6) is -1.27. The number of carboxylic acids is 1. The highest BCUT2D eigenvalue weighted by Gasteiger charge is 2.30. The number of carboxylic acid groups (broad SMARTS) is 1. The molecule has 1 aromatic rings. The second-order valence-corrected chi connectivity index (χ2v) is 4.47. The van der Waals surface area contributed by atoms with Crippen LogP contribution in [0.1, 0.15) is 23.5 Å². The van der Waals surface area contributed by atoms with Crippen molar-refractivity contribution in [1.82, 2.24) is 0 Å². The number of hydrogen-bond donors (Lipinski definition) is 1. The molecule has 0 amide bonds. The molecule has 0 spiro atoms. The van der Waals surface area contributed by atoms with Gasteiger partial charge in [-0.1, -0.05) is 0 Å². The van der Waals surface area contributed by atoms with Gasteiger partial charge in [0.1, 0.15) is 0 Å². The molecule has 0 aromatic carbocycles. The highest BCUT2D eigenvalue weighted by Crippen LogP contribution is 2.35. The van der Waals surface area contributed by atoms with Crippen molar-refractivity contribution in [2.75, 3.05) is 6.61 Å². The summed E-state index contributed by atoms with van der Waals surface area (Å²) in [4.78, 5) is 12.1. The zero-order valence-electron chi connectivity index (χ0n) is 7.90. The normalized spacial score (nSPS) is 22.8. The van der Waals surface area contributed by atoms with Crippen LogP contribution in [0.2, 0.25) is 0 Å². The van der Waals surface area contributed by atoms with Crippen molar-refractivity contribution in [1.29, 1.82) is 0 Å². The first-order chi connectivity index (χ1) is 6.70. The molecule has 1 N–H and O–H groups in total. The largest absolute Gasteiger partial charge is 0.481 e. The third kappa shape index (κ3) is 1.55. The second kappa shape index (κ2) is 3.71. The lowest BCUT2D eigenvalue weighted by Crippen LogP contribution is -2.25. The monoisotopic (exact) mass is 212 g/mol. The Morgan fingerprint density at radius 2 is 2.57 bits per heavy atom. The summed E-state index contributed by atoms with van der Waals surface area (Å²) in [6, 6.07) is 1.98. The van der Waals surface area contributed by atoms with Crippen molar-refractivity contribution < 1.29 is 14.6 Å². The highest BCUT2D eigenvalue weighted by atomic mass is 32.1. The number of rotatable bonds is 2. The van der Waals surface area contributed by atoms with Crippen molar-refractivity contribution in [3.05, 3.63) is 21.9 Å². The molecule has 0 bridgehead atoms. The van der Waals surface area contributed by atoms with Crippen LogP contribution >= 0.6 is 11.3 Å². The summed E-state index contributed by atoms with van der Waals surface area (Å²) in [6.07, 6.45) is 0.651. The van der Waals surface area contributed by atoms with Crippen molar-refractivity contribution in [2.24, 2.45) is 5.92 Å². The molecule has 0 saturated heterocycles. The van der Waals surface area contributed by atoms with Gasteiger partial charge in [0.05, 0.1) is 18.6 Å². The van der Waals surface area contributed by atoms with E-state index < -0.39 is 11.9 Å². The van der Waals surface area contributed by atoms with Crippen LogP contribution in [0.4, 0.5) is 0 Å². The zero-order valence-corrected chi connectivity index (χ0v) is 8.71. The molecule has 3 nitrogen and oxygen atoms in total. The fraction of sp³-hybridized carbons (Fsp3) is 0.500. The molecule has 1 aromatic heterocycles. The van der Waals surface area contributed by atoms with Crippen LogP contribution in [0.25, 0.3) is 0 Å². The van der Waals surface area contributed by atoms with Gasteiger partial charge in [0.25, 0.3) is 0 Å². The van der Waals surface area contributed by atoms with Gasteiger partial charge in [0, 0.05) is 11.3 Å². The van der Waals surface area contributed by atoms with Gasteiger partial charge in [-0.3, -0.25) is 4.79 Å². The van der Waals surface area contributed by atoms with Crippen LogP contribution in [0.15, 0.2) is 11.4 Å². The van der Waals surface area contributed by atoms with Gasteiger partial charge in [0.15, 0.2) is 0 Å². The lowest BCUT2D eigenvalue weighted by molar-refractivity contribution is -0.147. The molecule has 1 aliphatic heterocycles. The minimum Gasteiger partial charge on any atom is -0.481 e. The van der Waals surface area contributed by atoms with Crippen molar-refractivity contribution in [3.63, 3.8) is 0 Å². The predicted molar refractivity (Wildman–Crippen MR) is 53.5 cm³/mol. The van der Waals surface area contributed by atoms with E-state index in [2.05, 4.69) is 0 Å². The summed E-state index contributed by atoms with van der Waals surface area (Å²) >= 11 is 1.69. The smallest absolute Gasteiger partial charge is 0.309 e. The quantitative estimate of drug-likeness (QED) is 0.816. The van der Waals surface area contributed by atoms with E-state index in [4.69, 9.17) is 9.84 Å². The maximum absolute atomic E-state index is 10.9. The molecule has 1 aliphatic rings. The van der Waals surface area contributed by atoms with E-state index in [1.54, 1.807) is 18.3 Å². The number of thiophene rings is 1. The van der Waals surface area contributed by atoms with Gasteiger partial charge in [-0.15, -0.1) is 11.3 Å². The van der Waals surface area contributed by atoms with Gasteiger partial charge in [-0.2, -0.15) is 0 Å². The maximum atomic E-state index is 10.9. The Labute approximate surface area is 86.3 Å². The molecule has 4 heteroatoms. The number of aliphatic carboxylic acids is 1. The Hall–Kier alpha value is -0.870. The SMILES string of the molecule is C[C@@H](C(=O)O)[C@H]1OCCc2sccc21. The first kappa shape index (κ1) is 9.68. The van der Waals surface area contributed by atoms with Gasteiger partial charge < -0.3 is 9.84 Å². The van der Waals surface area contributed by atoms with Crippen LogP contribution in [-0.4, -0.2) is 17.7 Å². The summed E-state index contributed by atoms with van der Waals surface area (Å²) in [5.41, 5.74) is 1.07.